The van der Waals surface area contributed by atoms with E-state index in [9.17, 15) is 0 Å². The summed E-state index contributed by atoms with van der Waals surface area (Å²) in [6.45, 7) is 2.22. The Morgan fingerprint density at radius 3 is 2.58 bits per heavy atom. The molecule has 1 N–H and O–H groups in total. The Labute approximate surface area is 112 Å². The van der Waals surface area contributed by atoms with Crippen LogP contribution in [0.4, 0.5) is 5.69 Å². The summed E-state index contributed by atoms with van der Waals surface area (Å²) in [6, 6.07) is 5.85. The average molecular weight is 261 g/mol. The largest absolute Gasteiger partial charge is 0.481 e. The number of aliphatic hydroxyl groups excluding tert-OH is 1. The van der Waals surface area contributed by atoms with Gasteiger partial charge in [0.25, 0.3) is 0 Å². The number of ether oxygens (including phenoxy) is 1. The van der Waals surface area contributed by atoms with Crippen LogP contribution in [0, 0.1) is 0 Å². The number of aromatic nitrogens is 2. The lowest BCUT2D eigenvalue weighted by Gasteiger charge is -2.18. The van der Waals surface area contributed by atoms with E-state index >= 15 is 0 Å². The molecule has 0 bridgehead atoms. The fourth-order valence-corrected chi connectivity index (χ4v) is 2.32. The highest BCUT2D eigenvalue weighted by atomic mass is 16.5. The maximum atomic E-state index is 7.00. The van der Waals surface area contributed by atoms with Crippen LogP contribution in [0.25, 0.3) is 11.0 Å². The molecule has 0 saturated carbocycles. The van der Waals surface area contributed by atoms with Gasteiger partial charge in [-0.3, -0.25) is 4.98 Å². The van der Waals surface area contributed by atoms with Crippen LogP contribution < -0.4 is 9.64 Å². The third kappa shape index (κ3) is 2.76. The maximum Gasteiger partial charge on any atom is 0.213 e. The quantitative estimate of drug-likeness (QED) is 0.894. The number of rotatable bonds is 2. The van der Waals surface area contributed by atoms with Crippen LogP contribution in [0.2, 0.25) is 0 Å². The second kappa shape index (κ2) is 6.33. The average Bonchev–Trinajstić information content (AvgIpc) is 3.02. The van der Waals surface area contributed by atoms with Crippen molar-refractivity contribution >= 4 is 16.7 Å². The Bertz CT molecular complexity index is 539. The molecule has 3 heterocycles. The van der Waals surface area contributed by atoms with E-state index in [2.05, 4.69) is 14.9 Å². The highest BCUT2D eigenvalue weighted by molar-refractivity contribution is 5.88. The first kappa shape index (κ1) is 13.5. The van der Waals surface area contributed by atoms with Crippen molar-refractivity contribution < 1.29 is 9.84 Å². The lowest BCUT2D eigenvalue weighted by atomic mass is 10.2. The molecule has 5 nitrogen and oxygen atoms in total. The molecule has 0 radical (unpaired) electrons. The zero-order valence-corrected chi connectivity index (χ0v) is 11.3. The molecule has 0 spiro atoms. The van der Waals surface area contributed by atoms with Gasteiger partial charge in [0.15, 0.2) is 0 Å². The summed E-state index contributed by atoms with van der Waals surface area (Å²) in [5, 5.41) is 7.00. The Balaban J connectivity index is 0.000000637. The van der Waals surface area contributed by atoms with E-state index in [1.54, 1.807) is 7.11 Å². The van der Waals surface area contributed by atoms with Gasteiger partial charge in [-0.25, -0.2) is 4.98 Å². The van der Waals surface area contributed by atoms with Crippen LogP contribution in [0.3, 0.4) is 0 Å². The van der Waals surface area contributed by atoms with Gasteiger partial charge in [0.1, 0.15) is 5.52 Å². The first-order valence-corrected chi connectivity index (χ1v) is 6.38. The summed E-state index contributed by atoms with van der Waals surface area (Å²) in [5.74, 6) is 0.644. The lowest BCUT2D eigenvalue weighted by Crippen LogP contribution is -2.18. The van der Waals surface area contributed by atoms with Crippen molar-refractivity contribution in [3.8, 4) is 5.88 Å². The molecule has 1 aliphatic heterocycles. The number of pyridine rings is 2. The molecule has 19 heavy (non-hydrogen) atoms. The summed E-state index contributed by atoms with van der Waals surface area (Å²) in [5.41, 5.74) is 3.04. The predicted octanol–water partition coefficient (Wildman–Crippen LogP) is 1.85. The Morgan fingerprint density at radius 1 is 1.16 bits per heavy atom. The lowest BCUT2D eigenvalue weighted by molar-refractivity contribution is 0.399. The minimum atomic E-state index is 0.644. The smallest absolute Gasteiger partial charge is 0.213 e. The molecule has 102 valence electrons. The van der Waals surface area contributed by atoms with Gasteiger partial charge in [0.2, 0.25) is 5.88 Å². The minimum absolute atomic E-state index is 0.644. The van der Waals surface area contributed by atoms with E-state index in [4.69, 9.17) is 9.84 Å². The molecule has 0 amide bonds. The van der Waals surface area contributed by atoms with Gasteiger partial charge in [-0.05, 0) is 25.0 Å². The third-order valence-electron chi connectivity index (χ3n) is 3.19. The van der Waals surface area contributed by atoms with Crippen molar-refractivity contribution in [1.29, 1.82) is 0 Å². The molecule has 0 atom stereocenters. The summed E-state index contributed by atoms with van der Waals surface area (Å²) < 4.78 is 5.18. The molecule has 2 aromatic heterocycles. The molecule has 2 aromatic rings. The summed E-state index contributed by atoms with van der Waals surface area (Å²) >= 11 is 0. The predicted molar refractivity (Wildman–Crippen MR) is 75.7 cm³/mol. The highest BCUT2D eigenvalue weighted by Gasteiger charge is 2.16. The van der Waals surface area contributed by atoms with Crippen LogP contribution in [0.5, 0.6) is 5.88 Å². The van der Waals surface area contributed by atoms with Gasteiger partial charge < -0.3 is 14.7 Å². The van der Waals surface area contributed by atoms with Crippen LogP contribution in [0.15, 0.2) is 24.4 Å². The van der Waals surface area contributed by atoms with Gasteiger partial charge >= 0.3 is 0 Å². The van der Waals surface area contributed by atoms with Crippen molar-refractivity contribution in [2.75, 3.05) is 32.2 Å². The summed E-state index contributed by atoms with van der Waals surface area (Å²) in [6.07, 6.45) is 4.37. The molecule has 5 heteroatoms. The van der Waals surface area contributed by atoms with Crippen molar-refractivity contribution in [3.63, 3.8) is 0 Å². The number of hydrogen-bond donors (Lipinski definition) is 1. The number of anilines is 1. The first-order chi connectivity index (χ1) is 9.38. The van der Waals surface area contributed by atoms with Gasteiger partial charge in [-0.1, -0.05) is 0 Å². The van der Waals surface area contributed by atoms with Gasteiger partial charge in [-0.2, -0.15) is 0 Å². The maximum absolute atomic E-state index is 7.00. The summed E-state index contributed by atoms with van der Waals surface area (Å²) in [4.78, 5) is 11.2. The minimum Gasteiger partial charge on any atom is -0.481 e. The molecular formula is C14H19N3O2. The van der Waals surface area contributed by atoms with Crippen molar-refractivity contribution in [2.45, 2.75) is 12.8 Å². The van der Waals surface area contributed by atoms with Crippen molar-refractivity contribution in [1.82, 2.24) is 9.97 Å². The second-order valence-corrected chi connectivity index (χ2v) is 4.25. The molecule has 0 aliphatic carbocycles. The van der Waals surface area contributed by atoms with E-state index in [0.29, 0.717) is 5.88 Å². The Hall–Kier alpha value is -1.88. The van der Waals surface area contributed by atoms with E-state index < -0.39 is 0 Å². The van der Waals surface area contributed by atoms with E-state index in [1.165, 1.54) is 18.5 Å². The molecule has 1 aliphatic rings. The van der Waals surface area contributed by atoms with Crippen LogP contribution >= 0.6 is 0 Å². The zero-order valence-electron chi connectivity index (χ0n) is 11.3. The zero-order chi connectivity index (χ0) is 13.7. The molecule has 3 rings (SSSR count). The molecule has 0 aromatic carbocycles. The number of fused-ring (bicyclic) bond motifs is 1. The number of nitrogens with zero attached hydrogens (tertiary/aromatic N) is 3. The van der Waals surface area contributed by atoms with Crippen LogP contribution in [0.1, 0.15) is 12.8 Å². The van der Waals surface area contributed by atoms with Crippen molar-refractivity contribution in [3.05, 3.63) is 24.4 Å². The third-order valence-corrected chi connectivity index (χ3v) is 3.19. The van der Waals surface area contributed by atoms with E-state index in [-0.39, 0.29) is 0 Å². The standard InChI is InChI=1S/C13H15N3O.CH4O/c1-17-12-5-4-10-13(15-12)11(6-7-14-10)16-8-2-3-9-16;1-2/h4-7H,2-3,8-9H2,1H3;2H,1H3. The van der Waals surface area contributed by atoms with Crippen LogP contribution in [-0.2, 0) is 0 Å². The molecule has 1 saturated heterocycles. The first-order valence-electron chi connectivity index (χ1n) is 6.38. The monoisotopic (exact) mass is 261 g/mol. The normalized spacial score (nSPS) is 14.2. The fourth-order valence-electron chi connectivity index (χ4n) is 2.32. The molecule has 0 unspecified atom stereocenters. The van der Waals surface area contributed by atoms with Gasteiger partial charge in [0.05, 0.1) is 18.3 Å². The second-order valence-electron chi connectivity index (χ2n) is 4.25. The van der Waals surface area contributed by atoms with Gasteiger partial charge in [-0.15, -0.1) is 0 Å². The van der Waals surface area contributed by atoms with Crippen LogP contribution in [-0.4, -0.2) is 42.4 Å². The molecular weight excluding hydrogens is 242 g/mol. The van der Waals surface area contributed by atoms with Crippen molar-refractivity contribution in [2.24, 2.45) is 0 Å². The molecule has 1 fully saturated rings. The van der Waals surface area contributed by atoms with E-state index in [1.807, 2.05) is 24.4 Å². The fraction of sp³-hybridized carbons (Fsp3) is 0.429. The Morgan fingerprint density at radius 2 is 1.89 bits per heavy atom. The number of methoxy groups -OCH3 is 1. The number of hydrogen-bond acceptors (Lipinski definition) is 5. The SMILES string of the molecule is CO.COc1ccc2nccc(N3CCCC3)c2n1. The topological polar surface area (TPSA) is 58.5 Å². The highest BCUT2D eigenvalue weighted by Crippen LogP contribution is 2.27. The Kier molecular flexibility index (Phi) is 4.52. The van der Waals surface area contributed by atoms with Gasteiger partial charge in [0, 0.05) is 32.5 Å². The van der Waals surface area contributed by atoms with E-state index in [0.717, 1.165) is 31.2 Å². The number of aliphatic hydroxyl groups is 1. The summed E-state index contributed by atoms with van der Waals surface area (Å²) in [7, 11) is 2.64.